The topological polar surface area (TPSA) is 26.3 Å². The Balaban J connectivity index is 3.60. The van der Waals surface area contributed by atoms with Crippen LogP contribution in [0.5, 0.6) is 0 Å². The van der Waals surface area contributed by atoms with E-state index < -0.39 is 0 Å². The van der Waals surface area contributed by atoms with Gasteiger partial charge in [-0.3, -0.25) is 0 Å². The number of esters is 1. The minimum Gasteiger partial charge on any atom is -0.463 e. The summed E-state index contributed by atoms with van der Waals surface area (Å²) >= 11 is 0. The lowest BCUT2D eigenvalue weighted by molar-refractivity contribution is -0.137. The maximum atomic E-state index is 11.0. The van der Waals surface area contributed by atoms with Gasteiger partial charge in [0.1, 0.15) is 0 Å². The number of carbonyl (C=O) groups excluding carboxylic acids is 1. The first-order chi connectivity index (χ1) is 6.70. The van der Waals surface area contributed by atoms with E-state index in [-0.39, 0.29) is 5.97 Å². The Morgan fingerprint density at radius 2 is 1.93 bits per heavy atom. The Hall–Kier alpha value is -0.790. The number of hydrogen-bond donors (Lipinski definition) is 0. The lowest BCUT2D eigenvalue weighted by Crippen LogP contribution is -2.00. The van der Waals surface area contributed by atoms with Crippen LogP contribution in [0, 0.1) is 0 Å². The summed E-state index contributed by atoms with van der Waals surface area (Å²) in [4.78, 5) is 11.0. The monoisotopic (exact) mass is 198 g/mol. The van der Waals surface area contributed by atoms with E-state index in [9.17, 15) is 4.79 Å². The molecule has 14 heavy (non-hydrogen) atoms. The molecule has 0 fully saturated rings. The van der Waals surface area contributed by atoms with Crippen LogP contribution in [0.15, 0.2) is 11.6 Å². The van der Waals surface area contributed by atoms with Gasteiger partial charge >= 0.3 is 5.97 Å². The van der Waals surface area contributed by atoms with Gasteiger partial charge in [-0.05, 0) is 26.7 Å². The van der Waals surface area contributed by atoms with E-state index in [1.807, 2.05) is 13.8 Å². The number of hydrogen-bond acceptors (Lipinski definition) is 2. The predicted molar refractivity (Wildman–Crippen MR) is 59.1 cm³/mol. The lowest BCUT2D eigenvalue weighted by Gasteiger charge is -2.01. The molecule has 0 radical (unpaired) electrons. The first kappa shape index (κ1) is 13.2. The third-order valence-electron chi connectivity index (χ3n) is 2.08. The molecular formula is C12H22O2. The van der Waals surface area contributed by atoms with Crippen molar-refractivity contribution in [3.63, 3.8) is 0 Å². The average molecular weight is 198 g/mol. The minimum atomic E-state index is -0.208. The molecule has 0 aromatic rings. The van der Waals surface area contributed by atoms with Crippen molar-refractivity contribution in [1.29, 1.82) is 0 Å². The van der Waals surface area contributed by atoms with E-state index in [2.05, 4.69) is 6.92 Å². The molecule has 82 valence electrons. The molecule has 0 aliphatic heterocycles. The summed E-state index contributed by atoms with van der Waals surface area (Å²) in [6.45, 7) is 6.46. The van der Waals surface area contributed by atoms with Crippen LogP contribution < -0.4 is 0 Å². The van der Waals surface area contributed by atoms with Crippen molar-refractivity contribution in [3.05, 3.63) is 11.6 Å². The first-order valence-corrected chi connectivity index (χ1v) is 5.54. The van der Waals surface area contributed by atoms with E-state index in [0.717, 1.165) is 12.0 Å². The fourth-order valence-electron chi connectivity index (χ4n) is 1.29. The quantitative estimate of drug-likeness (QED) is 0.356. The van der Waals surface area contributed by atoms with Crippen LogP contribution in [0.25, 0.3) is 0 Å². The zero-order chi connectivity index (χ0) is 10.8. The third kappa shape index (κ3) is 7.84. The van der Waals surface area contributed by atoms with Crippen LogP contribution >= 0.6 is 0 Å². The Morgan fingerprint density at radius 1 is 1.21 bits per heavy atom. The van der Waals surface area contributed by atoms with Crippen molar-refractivity contribution in [2.45, 2.75) is 52.9 Å². The van der Waals surface area contributed by atoms with Crippen molar-refractivity contribution in [1.82, 2.24) is 0 Å². The maximum Gasteiger partial charge on any atom is 0.330 e. The molecule has 0 aromatic heterocycles. The van der Waals surface area contributed by atoms with Crippen molar-refractivity contribution >= 4 is 5.97 Å². The number of allylic oxidation sites excluding steroid dienone is 1. The van der Waals surface area contributed by atoms with Crippen LogP contribution in [-0.2, 0) is 9.53 Å². The van der Waals surface area contributed by atoms with Gasteiger partial charge in [0.25, 0.3) is 0 Å². The summed E-state index contributed by atoms with van der Waals surface area (Å²) in [6, 6.07) is 0. The molecule has 2 nitrogen and oxygen atoms in total. The summed E-state index contributed by atoms with van der Waals surface area (Å²) in [7, 11) is 0. The molecule has 0 aliphatic carbocycles. The van der Waals surface area contributed by atoms with Crippen molar-refractivity contribution in [3.8, 4) is 0 Å². The maximum absolute atomic E-state index is 11.0. The van der Waals surface area contributed by atoms with Crippen molar-refractivity contribution in [2.24, 2.45) is 0 Å². The van der Waals surface area contributed by atoms with E-state index in [0.29, 0.717) is 6.61 Å². The number of rotatable bonds is 7. The summed E-state index contributed by atoms with van der Waals surface area (Å²) in [5.74, 6) is -0.208. The van der Waals surface area contributed by atoms with E-state index in [1.165, 1.54) is 25.7 Å². The van der Waals surface area contributed by atoms with Gasteiger partial charge in [0, 0.05) is 6.08 Å². The third-order valence-corrected chi connectivity index (χ3v) is 2.08. The van der Waals surface area contributed by atoms with Gasteiger partial charge in [0.15, 0.2) is 0 Å². The molecule has 0 heterocycles. The molecule has 0 rings (SSSR count). The zero-order valence-corrected chi connectivity index (χ0v) is 9.64. The van der Waals surface area contributed by atoms with Crippen LogP contribution in [0.4, 0.5) is 0 Å². The normalized spacial score (nSPS) is 11.5. The highest BCUT2D eigenvalue weighted by atomic mass is 16.5. The standard InChI is InChI=1S/C12H22O2/c1-4-6-7-8-9-11(3)10-12(13)14-5-2/h10H,4-9H2,1-3H3/b11-10-. The molecule has 0 saturated carbocycles. The van der Waals surface area contributed by atoms with E-state index in [4.69, 9.17) is 4.74 Å². The Bertz CT molecular complexity index is 183. The predicted octanol–water partition coefficient (Wildman–Crippen LogP) is 3.47. The van der Waals surface area contributed by atoms with E-state index in [1.54, 1.807) is 6.08 Å². The number of unbranched alkanes of at least 4 members (excludes halogenated alkanes) is 3. The van der Waals surface area contributed by atoms with Crippen molar-refractivity contribution < 1.29 is 9.53 Å². The number of ether oxygens (including phenoxy) is 1. The van der Waals surface area contributed by atoms with Gasteiger partial charge in [-0.15, -0.1) is 0 Å². The smallest absolute Gasteiger partial charge is 0.330 e. The van der Waals surface area contributed by atoms with Gasteiger partial charge in [-0.1, -0.05) is 31.8 Å². The molecular weight excluding hydrogens is 176 g/mol. The highest BCUT2D eigenvalue weighted by Gasteiger charge is 1.97. The van der Waals surface area contributed by atoms with Gasteiger partial charge in [-0.2, -0.15) is 0 Å². The molecule has 0 saturated heterocycles. The SMILES string of the molecule is CCCCCC/C(C)=C\C(=O)OCC. The van der Waals surface area contributed by atoms with Gasteiger partial charge in [0.05, 0.1) is 6.61 Å². The van der Waals surface area contributed by atoms with Gasteiger partial charge < -0.3 is 4.74 Å². The molecule has 0 spiro atoms. The summed E-state index contributed by atoms with van der Waals surface area (Å²) in [6.07, 6.45) is 7.58. The first-order valence-electron chi connectivity index (χ1n) is 5.54. The molecule has 0 bridgehead atoms. The molecule has 0 N–H and O–H groups in total. The van der Waals surface area contributed by atoms with Crippen LogP contribution in [0.1, 0.15) is 52.9 Å². The Morgan fingerprint density at radius 3 is 2.50 bits per heavy atom. The van der Waals surface area contributed by atoms with Gasteiger partial charge in [0.2, 0.25) is 0 Å². The summed E-state index contributed by atoms with van der Waals surface area (Å²) in [5.41, 5.74) is 1.12. The fraction of sp³-hybridized carbons (Fsp3) is 0.750. The van der Waals surface area contributed by atoms with Crippen LogP contribution in [0.3, 0.4) is 0 Å². The second-order valence-electron chi connectivity index (χ2n) is 3.55. The average Bonchev–Trinajstić information content (AvgIpc) is 2.13. The molecule has 0 aliphatic rings. The summed E-state index contributed by atoms with van der Waals surface area (Å²) in [5, 5.41) is 0. The van der Waals surface area contributed by atoms with Crippen LogP contribution in [-0.4, -0.2) is 12.6 Å². The molecule has 0 atom stereocenters. The van der Waals surface area contributed by atoms with Crippen molar-refractivity contribution in [2.75, 3.05) is 6.61 Å². The molecule has 2 heteroatoms. The highest BCUT2D eigenvalue weighted by molar-refractivity contribution is 5.82. The highest BCUT2D eigenvalue weighted by Crippen LogP contribution is 2.09. The second kappa shape index (κ2) is 8.79. The summed E-state index contributed by atoms with van der Waals surface area (Å²) < 4.78 is 4.82. The Labute approximate surface area is 87.3 Å². The fourth-order valence-corrected chi connectivity index (χ4v) is 1.29. The van der Waals surface area contributed by atoms with Crippen LogP contribution in [0.2, 0.25) is 0 Å². The molecule has 0 amide bonds. The minimum absolute atomic E-state index is 0.208. The molecule has 0 unspecified atom stereocenters. The molecule has 0 aromatic carbocycles. The number of carbonyl (C=O) groups is 1. The zero-order valence-electron chi connectivity index (χ0n) is 9.64. The Kier molecular flexibility index (Phi) is 8.30. The second-order valence-corrected chi connectivity index (χ2v) is 3.55. The lowest BCUT2D eigenvalue weighted by atomic mass is 10.1. The van der Waals surface area contributed by atoms with E-state index >= 15 is 0 Å². The van der Waals surface area contributed by atoms with Gasteiger partial charge in [-0.25, -0.2) is 4.79 Å². The largest absolute Gasteiger partial charge is 0.463 e.